The summed E-state index contributed by atoms with van der Waals surface area (Å²) in [7, 11) is 0. The Morgan fingerprint density at radius 1 is 1.21 bits per heavy atom. The number of alkyl halides is 3. The van der Waals surface area contributed by atoms with Gasteiger partial charge in [-0.15, -0.1) is 13.2 Å². The fourth-order valence-electron chi connectivity index (χ4n) is 4.85. The lowest BCUT2D eigenvalue weighted by Gasteiger charge is -2.31. The Hall–Kier alpha value is -3.74. The van der Waals surface area contributed by atoms with Crippen LogP contribution in [0.25, 0.3) is 11.3 Å². The van der Waals surface area contributed by atoms with Gasteiger partial charge in [-0.2, -0.15) is 0 Å². The Morgan fingerprint density at radius 3 is 2.67 bits per heavy atom. The van der Waals surface area contributed by atoms with Crippen molar-refractivity contribution in [2.45, 2.75) is 44.1 Å². The van der Waals surface area contributed by atoms with E-state index in [2.05, 4.69) is 20.4 Å². The van der Waals surface area contributed by atoms with Gasteiger partial charge in [0.05, 0.1) is 30.1 Å². The molecule has 4 atom stereocenters. The third-order valence-corrected chi connectivity index (χ3v) is 6.81. The van der Waals surface area contributed by atoms with Crippen molar-refractivity contribution in [1.29, 1.82) is 0 Å². The Morgan fingerprint density at radius 2 is 2.03 bits per heavy atom. The van der Waals surface area contributed by atoms with Gasteiger partial charge in [-0.05, 0) is 49.7 Å². The van der Waals surface area contributed by atoms with Crippen molar-refractivity contribution in [3.8, 4) is 17.0 Å². The molecule has 39 heavy (non-hydrogen) atoms. The van der Waals surface area contributed by atoms with Gasteiger partial charge in [-0.1, -0.05) is 18.2 Å². The number of benzene rings is 2. The van der Waals surface area contributed by atoms with E-state index in [9.17, 15) is 27.5 Å². The molecular formula is C27H26F4N4O4. The number of anilines is 2. The average molecular weight is 547 g/mol. The maximum atomic E-state index is 13.5. The van der Waals surface area contributed by atoms with Gasteiger partial charge in [0.25, 0.3) is 0 Å². The largest absolute Gasteiger partial charge is 0.573 e. The minimum atomic E-state index is -4.97. The summed E-state index contributed by atoms with van der Waals surface area (Å²) in [5, 5.41) is 16.0. The molecule has 0 saturated carbocycles. The number of fused-ring (bicyclic) bond motifs is 2. The normalized spacial score (nSPS) is 20.5. The number of aliphatic hydroxyl groups excluding tert-OH is 1. The fraction of sp³-hybridized carbons (Fsp3) is 0.333. The van der Waals surface area contributed by atoms with Crippen molar-refractivity contribution in [2.24, 2.45) is 0 Å². The third kappa shape index (κ3) is 6.29. The molecule has 2 aromatic carbocycles. The summed E-state index contributed by atoms with van der Waals surface area (Å²) in [5.74, 6) is -1.49. The third-order valence-electron chi connectivity index (χ3n) is 6.81. The molecule has 2 unspecified atom stereocenters. The summed E-state index contributed by atoms with van der Waals surface area (Å²) < 4.78 is 62.3. The number of pyridine rings is 1. The number of carbonyl (C=O) groups is 1. The second-order valence-electron chi connectivity index (χ2n) is 9.50. The first-order valence-electron chi connectivity index (χ1n) is 12.3. The number of nitrogens with one attached hydrogen (secondary N) is 2. The number of hydrogen-bond acceptors (Lipinski definition) is 7. The van der Waals surface area contributed by atoms with E-state index in [0.29, 0.717) is 30.0 Å². The lowest BCUT2D eigenvalue weighted by molar-refractivity contribution is -0.274. The van der Waals surface area contributed by atoms with Crippen LogP contribution in [0.1, 0.15) is 25.1 Å². The second kappa shape index (κ2) is 10.8. The van der Waals surface area contributed by atoms with E-state index in [-0.39, 0.29) is 23.5 Å². The predicted octanol–water partition coefficient (Wildman–Crippen LogP) is 4.69. The second-order valence-corrected chi connectivity index (χ2v) is 9.50. The number of halogens is 4. The molecule has 206 valence electrons. The Balaban J connectivity index is 1.31. The summed E-state index contributed by atoms with van der Waals surface area (Å²) in [6, 6.07) is 12.2. The summed E-state index contributed by atoms with van der Waals surface area (Å²) in [4.78, 5) is 19.2. The minimum absolute atomic E-state index is 0.0563. The molecule has 8 nitrogen and oxygen atoms in total. The number of ether oxygens (including phenoxy) is 2. The van der Waals surface area contributed by atoms with Crippen LogP contribution in [0.15, 0.2) is 60.8 Å². The standard InChI is InChI=1S/C27H26F4N4O4/c1-15(35-13-21-11-20(35)14-38-21)25(36)34-23-10-19(6-8-24(23)39-27(29,30)31)33-26(37)17-5-7-22(32-12-17)16-3-2-4-18(28)9-16/h2-10,12,15,20-21,26,33,37H,11,13-14H2,1H3,(H,34,36)/t15?,20-,21-,26?/m0/s1. The van der Waals surface area contributed by atoms with E-state index in [1.165, 1.54) is 30.5 Å². The van der Waals surface area contributed by atoms with Crippen LogP contribution in [-0.4, -0.2) is 58.6 Å². The van der Waals surface area contributed by atoms with Crippen LogP contribution in [0.3, 0.4) is 0 Å². The molecule has 1 aromatic heterocycles. The maximum absolute atomic E-state index is 13.5. The summed E-state index contributed by atoms with van der Waals surface area (Å²) in [6.45, 7) is 2.78. The quantitative estimate of drug-likeness (QED) is 0.279. The highest BCUT2D eigenvalue weighted by Crippen LogP contribution is 2.35. The van der Waals surface area contributed by atoms with Crippen molar-refractivity contribution < 1.29 is 36.9 Å². The van der Waals surface area contributed by atoms with Crippen LogP contribution in [0.5, 0.6) is 5.75 Å². The number of morpholine rings is 1. The SMILES string of the molecule is CC(C(=O)Nc1cc(NC(O)c2ccc(-c3cccc(F)c3)nc2)ccc1OC(F)(F)F)N1C[C@@H]2C[C@H]1CO2. The molecule has 2 fully saturated rings. The Labute approximate surface area is 221 Å². The van der Waals surface area contributed by atoms with Crippen molar-refractivity contribution >= 4 is 17.3 Å². The number of amides is 1. The molecule has 2 bridgehead atoms. The molecule has 2 aliphatic heterocycles. The van der Waals surface area contributed by atoms with Crippen LogP contribution < -0.4 is 15.4 Å². The van der Waals surface area contributed by atoms with Crippen LogP contribution in [0.4, 0.5) is 28.9 Å². The number of carbonyl (C=O) groups excluding carboxylic acids is 1. The smallest absolute Gasteiger partial charge is 0.404 e. The lowest BCUT2D eigenvalue weighted by Crippen LogP contribution is -2.48. The Bertz CT molecular complexity index is 1340. The van der Waals surface area contributed by atoms with Crippen molar-refractivity contribution in [3.05, 3.63) is 72.2 Å². The minimum Gasteiger partial charge on any atom is -0.404 e. The molecule has 3 aromatic rings. The molecule has 12 heteroatoms. The number of likely N-dealkylation sites (tertiary alicyclic amines) is 1. The highest BCUT2D eigenvalue weighted by molar-refractivity contribution is 5.96. The number of nitrogens with zero attached hydrogens (tertiary/aromatic N) is 2. The molecule has 0 aliphatic carbocycles. The molecule has 3 heterocycles. The van der Waals surface area contributed by atoms with Crippen molar-refractivity contribution in [2.75, 3.05) is 23.8 Å². The zero-order valence-electron chi connectivity index (χ0n) is 20.8. The van der Waals surface area contributed by atoms with E-state index in [1.807, 2.05) is 4.90 Å². The molecule has 0 spiro atoms. The van der Waals surface area contributed by atoms with Crippen LogP contribution in [-0.2, 0) is 9.53 Å². The molecule has 5 rings (SSSR count). The molecular weight excluding hydrogens is 520 g/mol. The number of hydrogen-bond donors (Lipinski definition) is 3. The number of aromatic nitrogens is 1. The van der Waals surface area contributed by atoms with E-state index >= 15 is 0 Å². The van der Waals surface area contributed by atoms with Gasteiger partial charge in [0.1, 0.15) is 5.82 Å². The van der Waals surface area contributed by atoms with E-state index in [1.54, 1.807) is 31.2 Å². The van der Waals surface area contributed by atoms with Gasteiger partial charge in [0, 0.05) is 35.6 Å². The highest BCUT2D eigenvalue weighted by atomic mass is 19.4. The lowest BCUT2D eigenvalue weighted by atomic mass is 10.1. The van der Waals surface area contributed by atoms with Gasteiger partial charge in [-0.3, -0.25) is 14.7 Å². The topological polar surface area (TPSA) is 96.0 Å². The molecule has 1 amide bonds. The van der Waals surface area contributed by atoms with Crippen LogP contribution in [0.2, 0.25) is 0 Å². The summed E-state index contributed by atoms with van der Waals surface area (Å²) in [6.07, 6.45) is -3.98. The monoisotopic (exact) mass is 546 g/mol. The fourth-order valence-corrected chi connectivity index (χ4v) is 4.85. The molecule has 2 aliphatic rings. The summed E-state index contributed by atoms with van der Waals surface area (Å²) in [5.41, 5.74) is 1.44. The van der Waals surface area contributed by atoms with Gasteiger partial charge >= 0.3 is 6.36 Å². The number of aliphatic hydroxyl groups is 1. The molecule has 0 radical (unpaired) electrons. The predicted molar refractivity (Wildman–Crippen MR) is 134 cm³/mol. The summed E-state index contributed by atoms with van der Waals surface area (Å²) >= 11 is 0. The van der Waals surface area contributed by atoms with Crippen molar-refractivity contribution in [3.63, 3.8) is 0 Å². The van der Waals surface area contributed by atoms with E-state index in [4.69, 9.17) is 4.74 Å². The zero-order valence-corrected chi connectivity index (χ0v) is 20.8. The highest BCUT2D eigenvalue weighted by Gasteiger charge is 2.43. The van der Waals surface area contributed by atoms with Gasteiger partial charge in [-0.25, -0.2) is 4.39 Å². The molecule has 3 N–H and O–H groups in total. The first-order valence-corrected chi connectivity index (χ1v) is 12.3. The van der Waals surface area contributed by atoms with Crippen LogP contribution in [0, 0.1) is 5.82 Å². The van der Waals surface area contributed by atoms with Gasteiger partial charge < -0.3 is 25.2 Å². The Kier molecular flexibility index (Phi) is 7.43. The van der Waals surface area contributed by atoms with Crippen LogP contribution >= 0.6 is 0 Å². The maximum Gasteiger partial charge on any atom is 0.573 e. The first-order chi connectivity index (χ1) is 18.6. The first kappa shape index (κ1) is 26.9. The molecule has 2 saturated heterocycles. The van der Waals surface area contributed by atoms with E-state index < -0.39 is 36.1 Å². The zero-order chi connectivity index (χ0) is 27.7. The van der Waals surface area contributed by atoms with Crippen molar-refractivity contribution in [1.82, 2.24) is 9.88 Å². The average Bonchev–Trinajstić information content (AvgIpc) is 3.53. The number of rotatable bonds is 8. The van der Waals surface area contributed by atoms with E-state index in [0.717, 1.165) is 12.5 Å². The van der Waals surface area contributed by atoms with Gasteiger partial charge in [0.2, 0.25) is 5.91 Å². The van der Waals surface area contributed by atoms with Gasteiger partial charge in [0.15, 0.2) is 12.0 Å².